The van der Waals surface area contributed by atoms with Crippen molar-refractivity contribution >= 4 is 17.6 Å². The molecule has 1 aliphatic carbocycles. The molecule has 0 aromatic heterocycles. The first-order valence-electron chi connectivity index (χ1n) is 10.3. The maximum absolute atomic E-state index is 12.2. The second-order valence-electron chi connectivity index (χ2n) is 7.42. The van der Waals surface area contributed by atoms with Gasteiger partial charge in [-0.3, -0.25) is 4.79 Å². The third-order valence-electron chi connectivity index (χ3n) is 5.17. The molecule has 7 nitrogen and oxygen atoms in total. The van der Waals surface area contributed by atoms with E-state index in [-0.39, 0.29) is 6.61 Å². The Hall–Kier alpha value is -3.22. The van der Waals surface area contributed by atoms with E-state index in [4.69, 9.17) is 18.9 Å². The maximum Gasteiger partial charge on any atom is 0.338 e. The van der Waals surface area contributed by atoms with Gasteiger partial charge in [0, 0.05) is 24.6 Å². The lowest BCUT2D eigenvalue weighted by Crippen LogP contribution is -2.40. The SMILES string of the molecule is CCOc1ccc(C(=O)OCC(=O)Nc2ccc3c(c2)OC2(CCCCC2)O3)cc1. The molecular formula is C23H25NO6. The molecule has 1 amide bonds. The van der Waals surface area contributed by atoms with Crippen LogP contribution >= 0.6 is 0 Å². The van der Waals surface area contributed by atoms with Crippen LogP contribution in [0.15, 0.2) is 42.5 Å². The summed E-state index contributed by atoms with van der Waals surface area (Å²) < 4.78 is 22.5. The lowest BCUT2D eigenvalue weighted by Gasteiger charge is -2.31. The Morgan fingerprint density at radius 2 is 1.73 bits per heavy atom. The fourth-order valence-electron chi connectivity index (χ4n) is 3.73. The summed E-state index contributed by atoms with van der Waals surface area (Å²) in [6.07, 6.45) is 5.09. The topological polar surface area (TPSA) is 83.1 Å². The maximum atomic E-state index is 12.2. The number of carbonyl (C=O) groups excluding carboxylic acids is 2. The number of nitrogens with one attached hydrogen (secondary N) is 1. The van der Waals surface area contributed by atoms with Crippen LogP contribution in [0.5, 0.6) is 17.2 Å². The molecule has 158 valence electrons. The lowest BCUT2D eigenvalue weighted by atomic mass is 9.94. The first kappa shape index (κ1) is 20.1. The average molecular weight is 411 g/mol. The molecule has 1 aliphatic heterocycles. The van der Waals surface area contributed by atoms with Gasteiger partial charge < -0.3 is 24.3 Å². The molecule has 0 unspecified atom stereocenters. The van der Waals surface area contributed by atoms with Gasteiger partial charge >= 0.3 is 5.97 Å². The van der Waals surface area contributed by atoms with E-state index in [1.807, 2.05) is 6.92 Å². The van der Waals surface area contributed by atoms with Crippen molar-refractivity contribution in [2.75, 3.05) is 18.5 Å². The fraction of sp³-hybridized carbons (Fsp3) is 0.391. The number of hydrogen-bond donors (Lipinski definition) is 1. The molecule has 0 saturated heterocycles. The number of amides is 1. The van der Waals surface area contributed by atoms with Gasteiger partial charge in [-0.15, -0.1) is 0 Å². The molecule has 0 radical (unpaired) electrons. The van der Waals surface area contributed by atoms with Gasteiger partial charge in [0.2, 0.25) is 0 Å². The van der Waals surface area contributed by atoms with Crippen molar-refractivity contribution in [2.45, 2.75) is 44.8 Å². The molecule has 2 aliphatic rings. The van der Waals surface area contributed by atoms with Gasteiger partial charge in [0.05, 0.1) is 12.2 Å². The third kappa shape index (κ3) is 4.50. The molecule has 1 spiro atoms. The fourth-order valence-corrected chi connectivity index (χ4v) is 3.73. The highest BCUT2D eigenvalue weighted by Crippen LogP contribution is 2.46. The number of fused-ring (bicyclic) bond motifs is 1. The molecule has 30 heavy (non-hydrogen) atoms. The molecule has 0 bridgehead atoms. The number of rotatable bonds is 6. The number of carbonyl (C=O) groups is 2. The van der Waals surface area contributed by atoms with Crippen LogP contribution in [-0.4, -0.2) is 30.9 Å². The Bertz CT molecular complexity index is 918. The van der Waals surface area contributed by atoms with Crippen LogP contribution in [0, 0.1) is 0 Å². The standard InChI is InChI=1S/C23H25NO6/c1-2-27-18-9-6-16(7-10-18)22(26)28-15-21(25)24-17-8-11-19-20(14-17)30-23(29-19)12-4-3-5-13-23/h6-11,14H,2-5,12-13,15H2,1H3,(H,24,25). The molecule has 2 aromatic rings. The van der Waals surface area contributed by atoms with Crippen molar-refractivity contribution in [2.24, 2.45) is 0 Å². The average Bonchev–Trinajstić information content (AvgIpc) is 3.09. The Morgan fingerprint density at radius 3 is 2.47 bits per heavy atom. The largest absolute Gasteiger partial charge is 0.494 e. The Kier molecular flexibility index (Phi) is 5.79. The summed E-state index contributed by atoms with van der Waals surface area (Å²) in [6, 6.07) is 11.9. The summed E-state index contributed by atoms with van der Waals surface area (Å²) in [6.45, 7) is 2.05. The van der Waals surface area contributed by atoms with Gasteiger partial charge in [0.15, 0.2) is 18.1 Å². The molecule has 1 heterocycles. The van der Waals surface area contributed by atoms with Crippen molar-refractivity contribution in [1.29, 1.82) is 0 Å². The summed E-state index contributed by atoms with van der Waals surface area (Å²) in [5.41, 5.74) is 0.916. The van der Waals surface area contributed by atoms with Gasteiger partial charge in [-0.25, -0.2) is 4.79 Å². The Morgan fingerprint density at radius 1 is 1.00 bits per heavy atom. The van der Waals surface area contributed by atoms with Gasteiger partial charge in [0.25, 0.3) is 11.7 Å². The predicted molar refractivity (Wildman–Crippen MR) is 110 cm³/mol. The smallest absolute Gasteiger partial charge is 0.338 e. The van der Waals surface area contributed by atoms with E-state index in [0.717, 1.165) is 25.7 Å². The van der Waals surface area contributed by atoms with Gasteiger partial charge in [-0.05, 0) is 56.2 Å². The van der Waals surface area contributed by atoms with Crippen molar-refractivity contribution < 1.29 is 28.5 Å². The van der Waals surface area contributed by atoms with Crippen molar-refractivity contribution in [3.63, 3.8) is 0 Å². The molecule has 1 saturated carbocycles. The minimum Gasteiger partial charge on any atom is -0.494 e. The summed E-state index contributed by atoms with van der Waals surface area (Å²) in [7, 11) is 0. The van der Waals surface area contributed by atoms with Crippen LogP contribution in [0.1, 0.15) is 49.4 Å². The van der Waals surface area contributed by atoms with Crippen LogP contribution < -0.4 is 19.5 Å². The number of benzene rings is 2. The van der Waals surface area contributed by atoms with E-state index < -0.39 is 17.7 Å². The first-order chi connectivity index (χ1) is 14.6. The number of esters is 1. The van der Waals surface area contributed by atoms with E-state index in [0.29, 0.717) is 35.1 Å². The zero-order valence-electron chi connectivity index (χ0n) is 16.9. The van der Waals surface area contributed by atoms with Gasteiger partial charge in [-0.2, -0.15) is 0 Å². The zero-order valence-corrected chi connectivity index (χ0v) is 16.9. The minimum atomic E-state index is -0.571. The van der Waals surface area contributed by atoms with Crippen LogP contribution in [0.25, 0.3) is 0 Å². The molecule has 0 atom stereocenters. The summed E-state index contributed by atoms with van der Waals surface area (Å²) in [5.74, 6) is 0.428. The van der Waals surface area contributed by atoms with Crippen molar-refractivity contribution in [3.8, 4) is 17.2 Å². The number of hydrogen-bond acceptors (Lipinski definition) is 6. The Labute approximate surface area is 175 Å². The van der Waals surface area contributed by atoms with E-state index in [1.165, 1.54) is 6.42 Å². The van der Waals surface area contributed by atoms with Gasteiger partial charge in [-0.1, -0.05) is 6.42 Å². The highest BCUT2D eigenvalue weighted by molar-refractivity contribution is 5.95. The third-order valence-corrected chi connectivity index (χ3v) is 5.17. The summed E-state index contributed by atoms with van der Waals surface area (Å²) in [5, 5.41) is 2.72. The normalized spacial score (nSPS) is 16.2. The quantitative estimate of drug-likeness (QED) is 0.713. The second-order valence-corrected chi connectivity index (χ2v) is 7.42. The molecule has 4 rings (SSSR count). The van der Waals surface area contributed by atoms with E-state index >= 15 is 0 Å². The second kappa shape index (κ2) is 8.65. The summed E-state index contributed by atoms with van der Waals surface area (Å²) >= 11 is 0. The molecule has 2 aromatic carbocycles. The van der Waals surface area contributed by atoms with Crippen molar-refractivity contribution in [3.05, 3.63) is 48.0 Å². The van der Waals surface area contributed by atoms with E-state index in [9.17, 15) is 9.59 Å². The van der Waals surface area contributed by atoms with E-state index in [2.05, 4.69) is 5.32 Å². The number of anilines is 1. The zero-order chi connectivity index (χ0) is 21.0. The minimum absolute atomic E-state index is 0.354. The highest BCUT2D eigenvalue weighted by atomic mass is 16.7. The number of ether oxygens (including phenoxy) is 4. The molecular weight excluding hydrogens is 386 g/mol. The predicted octanol–water partition coefficient (Wildman–Crippen LogP) is 4.31. The molecule has 1 fully saturated rings. The van der Waals surface area contributed by atoms with Gasteiger partial charge in [0.1, 0.15) is 5.75 Å². The monoisotopic (exact) mass is 411 g/mol. The van der Waals surface area contributed by atoms with Crippen LogP contribution in [0.3, 0.4) is 0 Å². The van der Waals surface area contributed by atoms with Crippen LogP contribution in [-0.2, 0) is 9.53 Å². The molecule has 7 heteroatoms. The Balaban J connectivity index is 1.30. The van der Waals surface area contributed by atoms with Crippen LogP contribution in [0.2, 0.25) is 0 Å². The van der Waals surface area contributed by atoms with Crippen LogP contribution in [0.4, 0.5) is 5.69 Å². The summed E-state index contributed by atoms with van der Waals surface area (Å²) in [4.78, 5) is 24.3. The van der Waals surface area contributed by atoms with E-state index in [1.54, 1.807) is 42.5 Å². The highest BCUT2D eigenvalue weighted by Gasteiger charge is 2.42. The lowest BCUT2D eigenvalue weighted by molar-refractivity contribution is -0.119. The molecule has 1 N–H and O–H groups in total. The van der Waals surface area contributed by atoms with Crippen molar-refractivity contribution in [1.82, 2.24) is 0 Å². The first-order valence-corrected chi connectivity index (χ1v) is 10.3.